The van der Waals surface area contributed by atoms with Gasteiger partial charge in [-0.05, 0) is 24.2 Å². The van der Waals surface area contributed by atoms with Crippen LogP contribution < -0.4 is 0 Å². The highest BCUT2D eigenvalue weighted by molar-refractivity contribution is 7.88. The fraction of sp³-hybridized carbons (Fsp3) is 0.900. The van der Waals surface area contributed by atoms with Crippen LogP contribution in [0.3, 0.4) is 0 Å². The maximum absolute atomic E-state index is 12.4. The number of carbonyl (C=O) groups is 2. The Kier molecular flexibility index (Phi) is 11.3. The molecule has 28 heavy (non-hydrogen) atoms. The first-order chi connectivity index (χ1) is 13.0. The van der Waals surface area contributed by atoms with Gasteiger partial charge in [-0.2, -0.15) is 8.42 Å². The Labute approximate surface area is 169 Å². The molecule has 0 spiro atoms. The van der Waals surface area contributed by atoms with Gasteiger partial charge in [0.2, 0.25) is 4.75 Å². The second kappa shape index (κ2) is 11.8. The van der Waals surface area contributed by atoms with E-state index >= 15 is 0 Å². The zero-order chi connectivity index (χ0) is 22.0. The Bertz CT molecular complexity index is 596. The highest BCUT2D eigenvalue weighted by Gasteiger charge is 2.62. The van der Waals surface area contributed by atoms with Crippen LogP contribution in [0.15, 0.2) is 0 Å². The summed E-state index contributed by atoms with van der Waals surface area (Å²) in [4.78, 5) is 23.8. The predicted octanol–water partition coefficient (Wildman–Crippen LogP) is 4.76. The molecule has 0 amide bonds. The first-order valence-corrected chi connectivity index (χ1v) is 11.8. The Hall–Kier alpha value is -1.15. The molecule has 0 aliphatic carbocycles. The average Bonchev–Trinajstić information content (AvgIpc) is 2.60. The lowest BCUT2D eigenvalue weighted by atomic mass is 9.61. The summed E-state index contributed by atoms with van der Waals surface area (Å²) in [6, 6.07) is 0. The van der Waals surface area contributed by atoms with Gasteiger partial charge < -0.3 is 10.2 Å². The quantitative estimate of drug-likeness (QED) is 0.242. The molecule has 0 aromatic heterocycles. The Morgan fingerprint density at radius 2 is 1.39 bits per heavy atom. The second-order valence-corrected chi connectivity index (χ2v) is 9.49. The topological polar surface area (TPSA) is 129 Å². The number of rotatable bonds is 16. The van der Waals surface area contributed by atoms with Crippen LogP contribution in [0.25, 0.3) is 0 Å². The minimum atomic E-state index is -5.17. The van der Waals surface area contributed by atoms with Crippen molar-refractivity contribution >= 4 is 22.1 Å². The van der Waals surface area contributed by atoms with Crippen molar-refractivity contribution in [2.45, 2.75) is 103 Å². The fourth-order valence-electron chi connectivity index (χ4n) is 4.58. The van der Waals surface area contributed by atoms with Gasteiger partial charge in [-0.15, -0.1) is 0 Å². The van der Waals surface area contributed by atoms with Crippen LogP contribution in [0.2, 0.25) is 0 Å². The van der Waals surface area contributed by atoms with E-state index in [9.17, 15) is 32.8 Å². The molecule has 0 saturated carbocycles. The summed E-state index contributed by atoms with van der Waals surface area (Å²) in [7, 11) is -5.17. The molecule has 0 saturated heterocycles. The predicted molar refractivity (Wildman–Crippen MR) is 109 cm³/mol. The largest absolute Gasteiger partial charge is 0.481 e. The molecule has 0 aromatic carbocycles. The fourth-order valence-corrected chi connectivity index (χ4v) is 5.84. The number of carboxylic acids is 2. The van der Waals surface area contributed by atoms with Gasteiger partial charge in [0.25, 0.3) is 10.1 Å². The lowest BCUT2D eigenvalue weighted by molar-refractivity contribution is -0.151. The minimum Gasteiger partial charge on any atom is -0.481 e. The summed E-state index contributed by atoms with van der Waals surface area (Å²) in [6.07, 6.45) is 5.67. The van der Waals surface area contributed by atoms with E-state index in [1.807, 2.05) is 27.7 Å². The summed E-state index contributed by atoms with van der Waals surface area (Å²) in [5, 5.41) is 19.3. The molecule has 0 aliphatic rings. The van der Waals surface area contributed by atoms with Crippen molar-refractivity contribution in [1.29, 1.82) is 0 Å². The molecule has 0 radical (unpaired) electrons. The van der Waals surface area contributed by atoms with Crippen LogP contribution >= 0.6 is 0 Å². The van der Waals surface area contributed by atoms with Crippen molar-refractivity contribution in [2.75, 3.05) is 0 Å². The minimum absolute atomic E-state index is 0.251. The number of hydrogen-bond acceptors (Lipinski definition) is 4. The number of hydrogen-bond donors (Lipinski definition) is 3. The molecule has 0 aromatic rings. The van der Waals surface area contributed by atoms with Gasteiger partial charge in [0.15, 0.2) is 0 Å². The van der Waals surface area contributed by atoms with Crippen molar-refractivity contribution < 1.29 is 32.8 Å². The maximum atomic E-state index is 12.4. The molecule has 2 atom stereocenters. The smallest absolute Gasteiger partial charge is 0.328 e. The van der Waals surface area contributed by atoms with Crippen LogP contribution in [-0.4, -0.2) is 39.9 Å². The van der Waals surface area contributed by atoms with E-state index in [4.69, 9.17) is 0 Å². The van der Waals surface area contributed by atoms with Crippen LogP contribution in [-0.2, 0) is 19.7 Å². The van der Waals surface area contributed by atoms with E-state index < -0.39 is 44.6 Å². The molecule has 0 aliphatic heterocycles. The van der Waals surface area contributed by atoms with E-state index in [1.165, 1.54) is 0 Å². The molecule has 7 nitrogen and oxygen atoms in total. The van der Waals surface area contributed by atoms with Crippen molar-refractivity contribution in [3.8, 4) is 0 Å². The third kappa shape index (κ3) is 6.17. The van der Waals surface area contributed by atoms with Gasteiger partial charge in [0.05, 0.1) is 6.42 Å². The zero-order valence-corrected chi connectivity index (χ0v) is 18.6. The molecular formula is C20H38O7S. The second-order valence-electron chi connectivity index (χ2n) is 7.82. The lowest BCUT2D eigenvalue weighted by Crippen LogP contribution is -2.58. The van der Waals surface area contributed by atoms with E-state index in [1.54, 1.807) is 0 Å². The highest BCUT2D eigenvalue weighted by atomic mass is 32.2. The highest BCUT2D eigenvalue weighted by Crippen LogP contribution is 2.51. The average molecular weight is 423 g/mol. The molecular weight excluding hydrogens is 384 g/mol. The zero-order valence-electron chi connectivity index (χ0n) is 17.7. The van der Waals surface area contributed by atoms with Crippen molar-refractivity contribution in [3.63, 3.8) is 0 Å². The van der Waals surface area contributed by atoms with E-state index in [-0.39, 0.29) is 6.42 Å². The summed E-state index contributed by atoms with van der Waals surface area (Å²) in [6.45, 7) is 7.80. The van der Waals surface area contributed by atoms with Gasteiger partial charge in [0, 0.05) is 0 Å². The maximum Gasteiger partial charge on any atom is 0.328 e. The van der Waals surface area contributed by atoms with Gasteiger partial charge in [-0.1, -0.05) is 79.1 Å². The third-order valence-corrected chi connectivity index (χ3v) is 7.85. The molecule has 166 valence electrons. The van der Waals surface area contributed by atoms with Gasteiger partial charge >= 0.3 is 11.9 Å². The Morgan fingerprint density at radius 1 is 0.893 bits per heavy atom. The number of unbranched alkanes of at least 4 members (excludes halogenated alkanes) is 4. The Morgan fingerprint density at radius 3 is 1.75 bits per heavy atom. The van der Waals surface area contributed by atoms with E-state index in [0.29, 0.717) is 25.7 Å². The molecule has 0 heterocycles. The van der Waals surface area contributed by atoms with Crippen LogP contribution in [0.1, 0.15) is 98.3 Å². The normalized spacial score (nSPS) is 15.8. The summed E-state index contributed by atoms with van der Waals surface area (Å²) < 4.78 is 32.1. The molecule has 0 bridgehead atoms. The summed E-state index contributed by atoms with van der Waals surface area (Å²) in [5.41, 5.74) is -0.674. The molecule has 8 heteroatoms. The van der Waals surface area contributed by atoms with Gasteiger partial charge in [-0.3, -0.25) is 14.1 Å². The van der Waals surface area contributed by atoms with Gasteiger partial charge in [0.1, 0.15) is 0 Å². The van der Waals surface area contributed by atoms with Crippen LogP contribution in [0.5, 0.6) is 0 Å². The van der Waals surface area contributed by atoms with E-state index in [0.717, 1.165) is 32.1 Å². The summed E-state index contributed by atoms with van der Waals surface area (Å²) in [5.74, 6) is -4.31. The SMILES string of the molecule is CCCCCC(C(CC)(CC)CCCCC)C(CC(=O)O)(C(=O)O)S(=O)(=O)O. The van der Waals surface area contributed by atoms with Gasteiger partial charge in [-0.25, -0.2) is 0 Å². The molecule has 0 rings (SSSR count). The van der Waals surface area contributed by atoms with Crippen molar-refractivity contribution in [1.82, 2.24) is 0 Å². The first-order valence-electron chi connectivity index (χ1n) is 10.4. The summed E-state index contributed by atoms with van der Waals surface area (Å²) >= 11 is 0. The molecule has 0 fully saturated rings. The number of carboxylic acid groups (broad SMARTS) is 2. The molecule has 3 N–H and O–H groups in total. The number of aliphatic carboxylic acids is 2. The van der Waals surface area contributed by atoms with Crippen LogP contribution in [0.4, 0.5) is 0 Å². The monoisotopic (exact) mass is 422 g/mol. The lowest BCUT2D eigenvalue weighted by Gasteiger charge is -2.47. The van der Waals surface area contributed by atoms with Crippen molar-refractivity contribution in [3.05, 3.63) is 0 Å². The first kappa shape index (κ1) is 26.9. The van der Waals surface area contributed by atoms with Crippen molar-refractivity contribution in [2.24, 2.45) is 11.3 Å². The third-order valence-electron chi connectivity index (χ3n) is 6.32. The standard InChI is InChI=1S/C20H38O7S/c1-5-9-11-13-16(19(7-3,8-4)14-12-10-6-2)20(18(23)24,15-17(21)22)28(25,26)27/h16H,5-15H2,1-4H3,(H,21,22)(H,23,24)(H,25,26,27). The van der Waals surface area contributed by atoms with Crippen LogP contribution in [0, 0.1) is 11.3 Å². The Balaban J connectivity index is 6.63. The van der Waals surface area contributed by atoms with E-state index in [2.05, 4.69) is 0 Å². The molecule has 2 unspecified atom stereocenters.